The van der Waals surface area contributed by atoms with Crippen LogP contribution in [0.15, 0.2) is 24.3 Å². The predicted molar refractivity (Wildman–Crippen MR) is 75.7 cm³/mol. The zero-order valence-corrected chi connectivity index (χ0v) is 11.4. The van der Waals surface area contributed by atoms with Crippen LogP contribution in [-0.4, -0.2) is 41.0 Å². The summed E-state index contributed by atoms with van der Waals surface area (Å²) in [5.74, 6) is -1.62. The van der Waals surface area contributed by atoms with Crippen LogP contribution in [-0.2, 0) is 16.0 Å². The SMILES string of the molecule is NC(=O)C1CCN(C(=O)Nc2cccc(CC(=O)O)c2)C1. The van der Waals surface area contributed by atoms with Crippen LogP contribution in [0.2, 0.25) is 0 Å². The number of primary amides is 1. The Balaban J connectivity index is 1.97. The lowest BCUT2D eigenvalue weighted by Crippen LogP contribution is -2.34. The van der Waals surface area contributed by atoms with Crippen molar-refractivity contribution >= 4 is 23.6 Å². The van der Waals surface area contributed by atoms with E-state index in [1.54, 1.807) is 24.3 Å². The highest BCUT2D eigenvalue weighted by atomic mass is 16.4. The highest BCUT2D eigenvalue weighted by Crippen LogP contribution is 2.18. The Morgan fingerprint density at radius 1 is 1.38 bits per heavy atom. The van der Waals surface area contributed by atoms with Crippen LogP contribution >= 0.6 is 0 Å². The first-order valence-corrected chi connectivity index (χ1v) is 6.61. The summed E-state index contributed by atoms with van der Waals surface area (Å²) in [5, 5.41) is 11.5. The van der Waals surface area contributed by atoms with Gasteiger partial charge in [-0.1, -0.05) is 12.1 Å². The zero-order chi connectivity index (χ0) is 15.4. The number of nitrogens with zero attached hydrogens (tertiary/aromatic N) is 1. The average molecular weight is 291 g/mol. The molecule has 112 valence electrons. The highest BCUT2D eigenvalue weighted by molar-refractivity contribution is 5.90. The molecule has 7 heteroatoms. The van der Waals surface area contributed by atoms with E-state index in [-0.39, 0.29) is 18.4 Å². The van der Waals surface area contributed by atoms with Crippen molar-refractivity contribution in [3.63, 3.8) is 0 Å². The maximum atomic E-state index is 12.1. The highest BCUT2D eigenvalue weighted by Gasteiger charge is 2.29. The minimum absolute atomic E-state index is 0.100. The molecule has 0 aliphatic carbocycles. The molecule has 1 fully saturated rings. The van der Waals surface area contributed by atoms with Crippen LogP contribution in [0.3, 0.4) is 0 Å². The first kappa shape index (κ1) is 14.8. The smallest absolute Gasteiger partial charge is 0.321 e. The minimum Gasteiger partial charge on any atom is -0.481 e. The van der Waals surface area contributed by atoms with Gasteiger partial charge in [0.1, 0.15) is 0 Å². The van der Waals surface area contributed by atoms with Crippen molar-refractivity contribution in [1.29, 1.82) is 0 Å². The van der Waals surface area contributed by atoms with Crippen molar-refractivity contribution in [1.82, 2.24) is 4.90 Å². The standard InChI is InChI=1S/C14H17N3O4/c15-13(20)10-4-5-17(8-10)14(21)16-11-3-1-2-9(6-11)7-12(18)19/h1-3,6,10H,4-5,7-8H2,(H2,15,20)(H,16,21)(H,18,19). The third-order valence-corrected chi connectivity index (χ3v) is 3.41. The topological polar surface area (TPSA) is 113 Å². The van der Waals surface area contributed by atoms with Crippen LogP contribution in [0.5, 0.6) is 0 Å². The van der Waals surface area contributed by atoms with Crippen molar-refractivity contribution in [2.24, 2.45) is 11.7 Å². The lowest BCUT2D eigenvalue weighted by Gasteiger charge is -2.17. The number of hydrogen-bond donors (Lipinski definition) is 3. The quantitative estimate of drug-likeness (QED) is 0.756. The van der Waals surface area contributed by atoms with Crippen LogP contribution in [0.1, 0.15) is 12.0 Å². The molecule has 0 spiro atoms. The van der Waals surface area contributed by atoms with Gasteiger partial charge in [-0.2, -0.15) is 0 Å². The van der Waals surface area contributed by atoms with Crippen molar-refractivity contribution in [2.75, 3.05) is 18.4 Å². The molecule has 1 unspecified atom stereocenters. The van der Waals surface area contributed by atoms with Gasteiger partial charge in [-0.3, -0.25) is 9.59 Å². The van der Waals surface area contributed by atoms with E-state index in [1.165, 1.54) is 4.90 Å². The van der Waals surface area contributed by atoms with Gasteiger partial charge in [0.15, 0.2) is 0 Å². The Bertz CT molecular complexity index is 573. The summed E-state index contributed by atoms with van der Waals surface area (Å²) < 4.78 is 0. The number of carboxylic acid groups (broad SMARTS) is 1. The maximum Gasteiger partial charge on any atom is 0.321 e. The van der Waals surface area contributed by atoms with Gasteiger partial charge in [0, 0.05) is 18.8 Å². The third kappa shape index (κ3) is 3.95. The largest absolute Gasteiger partial charge is 0.481 e. The molecule has 0 saturated carbocycles. The normalized spacial score (nSPS) is 17.5. The molecule has 0 radical (unpaired) electrons. The third-order valence-electron chi connectivity index (χ3n) is 3.41. The number of likely N-dealkylation sites (tertiary alicyclic amines) is 1. The van der Waals surface area contributed by atoms with E-state index in [1.807, 2.05) is 0 Å². The summed E-state index contributed by atoms with van der Waals surface area (Å²) in [7, 11) is 0. The van der Waals surface area contributed by atoms with Gasteiger partial charge in [-0.25, -0.2) is 4.79 Å². The Morgan fingerprint density at radius 2 is 2.14 bits per heavy atom. The second-order valence-corrected chi connectivity index (χ2v) is 5.04. The van der Waals surface area contributed by atoms with Crippen molar-refractivity contribution in [2.45, 2.75) is 12.8 Å². The number of amides is 3. The van der Waals surface area contributed by atoms with Crippen molar-refractivity contribution in [3.05, 3.63) is 29.8 Å². The monoisotopic (exact) mass is 291 g/mol. The molecule has 1 atom stereocenters. The first-order valence-electron chi connectivity index (χ1n) is 6.61. The molecule has 0 aromatic heterocycles. The van der Waals surface area contributed by atoms with E-state index in [0.717, 1.165) is 0 Å². The number of benzene rings is 1. The lowest BCUT2D eigenvalue weighted by atomic mass is 10.1. The van der Waals surface area contributed by atoms with Gasteiger partial charge >= 0.3 is 12.0 Å². The molecule has 1 aromatic carbocycles. The maximum absolute atomic E-state index is 12.1. The Morgan fingerprint density at radius 3 is 2.76 bits per heavy atom. The molecule has 21 heavy (non-hydrogen) atoms. The van der Waals surface area contributed by atoms with Gasteiger partial charge in [-0.15, -0.1) is 0 Å². The molecule has 1 aromatic rings. The first-order chi connectivity index (χ1) is 9.95. The van der Waals surface area contributed by atoms with Crippen LogP contribution in [0.25, 0.3) is 0 Å². The molecule has 1 saturated heterocycles. The number of carbonyl (C=O) groups excluding carboxylic acids is 2. The summed E-state index contributed by atoms with van der Waals surface area (Å²) in [6, 6.07) is 6.36. The molecular formula is C14H17N3O4. The average Bonchev–Trinajstić information content (AvgIpc) is 2.88. The molecule has 2 rings (SSSR count). The summed E-state index contributed by atoms with van der Waals surface area (Å²) in [6.07, 6.45) is 0.471. The predicted octanol–water partition coefficient (Wildman–Crippen LogP) is 0.653. The molecule has 0 bridgehead atoms. The van der Waals surface area contributed by atoms with E-state index in [2.05, 4.69) is 5.32 Å². The fourth-order valence-corrected chi connectivity index (χ4v) is 2.31. The molecule has 1 heterocycles. The van der Waals surface area contributed by atoms with Gasteiger partial charge in [0.05, 0.1) is 12.3 Å². The van der Waals surface area contributed by atoms with E-state index in [9.17, 15) is 14.4 Å². The van der Waals surface area contributed by atoms with Crippen molar-refractivity contribution < 1.29 is 19.5 Å². The molecular weight excluding hydrogens is 274 g/mol. The van der Waals surface area contributed by atoms with E-state index >= 15 is 0 Å². The number of carboxylic acids is 1. The van der Waals surface area contributed by atoms with Gasteiger partial charge in [-0.05, 0) is 24.1 Å². The van der Waals surface area contributed by atoms with E-state index in [0.29, 0.717) is 30.8 Å². The molecule has 1 aliphatic rings. The summed E-state index contributed by atoms with van der Waals surface area (Å²) in [4.78, 5) is 35.3. The minimum atomic E-state index is -0.928. The number of aliphatic carboxylic acids is 1. The number of nitrogens with two attached hydrogens (primary N) is 1. The van der Waals surface area contributed by atoms with E-state index in [4.69, 9.17) is 10.8 Å². The number of urea groups is 1. The Hall–Kier alpha value is -2.57. The molecule has 4 N–H and O–H groups in total. The fourth-order valence-electron chi connectivity index (χ4n) is 2.31. The zero-order valence-electron chi connectivity index (χ0n) is 11.4. The fraction of sp³-hybridized carbons (Fsp3) is 0.357. The second kappa shape index (κ2) is 6.25. The summed E-state index contributed by atoms with van der Waals surface area (Å²) in [5.41, 5.74) is 6.36. The number of nitrogens with one attached hydrogen (secondary N) is 1. The van der Waals surface area contributed by atoms with Crippen molar-refractivity contribution in [3.8, 4) is 0 Å². The van der Waals surface area contributed by atoms with Crippen LogP contribution < -0.4 is 11.1 Å². The molecule has 3 amide bonds. The molecule has 1 aliphatic heterocycles. The number of rotatable bonds is 4. The Kier molecular flexibility index (Phi) is 4.42. The number of anilines is 1. The van der Waals surface area contributed by atoms with Crippen LogP contribution in [0, 0.1) is 5.92 Å². The van der Waals surface area contributed by atoms with Crippen LogP contribution in [0.4, 0.5) is 10.5 Å². The summed E-state index contributed by atoms with van der Waals surface area (Å²) in [6.45, 7) is 0.796. The second-order valence-electron chi connectivity index (χ2n) is 5.04. The number of hydrogen-bond acceptors (Lipinski definition) is 3. The van der Waals surface area contributed by atoms with E-state index < -0.39 is 11.9 Å². The van der Waals surface area contributed by atoms with Gasteiger partial charge < -0.3 is 21.1 Å². The summed E-state index contributed by atoms with van der Waals surface area (Å²) >= 11 is 0. The van der Waals surface area contributed by atoms with Gasteiger partial charge in [0.2, 0.25) is 5.91 Å². The van der Waals surface area contributed by atoms with Gasteiger partial charge in [0.25, 0.3) is 0 Å². The Labute approximate surface area is 121 Å². The number of carbonyl (C=O) groups is 3. The lowest BCUT2D eigenvalue weighted by molar-refractivity contribution is -0.136. The molecule has 7 nitrogen and oxygen atoms in total.